The summed E-state index contributed by atoms with van der Waals surface area (Å²) in [7, 11) is 5.23. The summed E-state index contributed by atoms with van der Waals surface area (Å²) in [5, 5.41) is 12.1. The van der Waals surface area contributed by atoms with Crippen molar-refractivity contribution < 1.29 is 14.6 Å². The highest BCUT2D eigenvalue weighted by Gasteiger charge is 2.30. The molecule has 0 aromatic heterocycles. The van der Waals surface area contributed by atoms with Gasteiger partial charge >= 0.3 is 5.97 Å². The standard InChI is InChI=1S/C14H22N2O3/c1-14(15-2,13(17)18)8-9-16(3)11-6-5-7-12(10-11)19-4/h5-7,10,15H,8-9H2,1-4H3,(H,17,18). The molecule has 1 rings (SSSR count). The van der Waals surface area contributed by atoms with E-state index in [1.807, 2.05) is 36.2 Å². The van der Waals surface area contributed by atoms with Crippen molar-refractivity contribution in [1.29, 1.82) is 0 Å². The summed E-state index contributed by atoms with van der Waals surface area (Å²) in [5.41, 5.74) is 0.0934. The van der Waals surface area contributed by atoms with E-state index >= 15 is 0 Å². The van der Waals surface area contributed by atoms with Gasteiger partial charge in [-0.2, -0.15) is 0 Å². The molecule has 2 N–H and O–H groups in total. The lowest BCUT2D eigenvalue weighted by Gasteiger charge is -2.28. The average Bonchev–Trinajstić information content (AvgIpc) is 2.44. The summed E-state index contributed by atoms with van der Waals surface area (Å²) >= 11 is 0. The zero-order chi connectivity index (χ0) is 14.5. The highest BCUT2D eigenvalue weighted by atomic mass is 16.5. The number of nitrogens with zero attached hydrogens (tertiary/aromatic N) is 1. The van der Waals surface area contributed by atoms with Crippen LogP contribution in [0.1, 0.15) is 13.3 Å². The molecule has 1 aromatic carbocycles. The molecule has 0 spiro atoms. The van der Waals surface area contributed by atoms with Crippen molar-refractivity contribution in [2.24, 2.45) is 0 Å². The number of benzene rings is 1. The van der Waals surface area contributed by atoms with Crippen LogP contribution < -0.4 is 15.0 Å². The Morgan fingerprint density at radius 2 is 2.21 bits per heavy atom. The molecule has 0 amide bonds. The highest BCUT2D eigenvalue weighted by Crippen LogP contribution is 2.21. The Morgan fingerprint density at radius 1 is 1.53 bits per heavy atom. The molecule has 0 radical (unpaired) electrons. The number of hydrogen-bond acceptors (Lipinski definition) is 4. The summed E-state index contributed by atoms with van der Waals surface area (Å²) in [4.78, 5) is 13.2. The molecular formula is C14H22N2O3. The van der Waals surface area contributed by atoms with Gasteiger partial charge in [-0.1, -0.05) is 6.07 Å². The molecule has 5 nitrogen and oxygen atoms in total. The van der Waals surface area contributed by atoms with Gasteiger partial charge in [0, 0.05) is 25.3 Å². The van der Waals surface area contributed by atoms with Gasteiger partial charge in [-0.05, 0) is 32.5 Å². The Balaban J connectivity index is 2.69. The van der Waals surface area contributed by atoms with Crippen LogP contribution in [0.15, 0.2) is 24.3 Å². The second kappa shape index (κ2) is 6.43. The second-order valence-electron chi connectivity index (χ2n) is 4.76. The van der Waals surface area contributed by atoms with Crippen LogP contribution in [0, 0.1) is 0 Å². The predicted molar refractivity (Wildman–Crippen MR) is 76.0 cm³/mol. The molecule has 0 saturated heterocycles. The maximum absolute atomic E-state index is 11.2. The van der Waals surface area contributed by atoms with Gasteiger partial charge in [0.05, 0.1) is 7.11 Å². The number of nitrogens with one attached hydrogen (secondary N) is 1. The maximum Gasteiger partial charge on any atom is 0.323 e. The van der Waals surface area contributed by atoms with Crippen LogP contribution in [-0.4, -0.2) is 44.4 Å². The third-order valence-corrected chi connectivity index (χ3v) is 3.47. The number of carbonyl (C=O) groups is 1. The van der Waals surface area contributed by atoms with Gasteiger partial charge in [-0.15, -0.1) is 0 Å². The van der Waals surface area contributed by atoms with Crippen molar-refractivity contribution in [1.82, 2.24) is 5.32 Å². The van der Waals surface area contributed by atoms with E-state index in [-0.39, 0.29) is 0 Å². The van der Waals surface area contributed by atoms with Crippen LogP contribution in [0.5, 0.6) is 5.75 Å². The van der Waals surface area contributed by atoms with Crippen molar-refractivity contribution in [2.45, 2.75) is 18.9 Å². The van der Waals surface area contributed by atoms with Crippen LogP contribution in [0.25, 0.3) is 0 Å². The zero-order valence-electron chi connectivity index (χ0n) is 11.9. The number of anilines is 1. The summed E-state index contributed by atoms with van der Waals surface area (Å²) in [6.07, 6.45) is 0.506. The Hall–Kier alpha value is -1.75. The minimum Gasteiger partial charge on any atom is -0.497 e. The highest BCUT2D eigenvalue weighted by molar-refractivity contribution is 5.78. The average molecular weight is 266 g/mol. The van der Waals surface area contributed by atoms with Crippen LogP contribution in [0.2, 0.25) is 0 Å². The quantitative estimate of drug-likeness (QED) is 0.784. The normalized spacial score (nSPS) is 13.7. The van der Waals surface area contributed by atoms with E-state index < -0.39 is 11.5 Å². The number of carboxylic acid groups (broad SMARTS) is 1. The predicted octanol–water partition coefficient (Wildman–Crippen LogP) is 1.58. The summed E-state index contributed by atoms with van der Waals surface area (Å²) < 4.78 is 5.18. The first-order valence-corrected chi connectivity index (χ1v) is 6.20. The molecule has 0 fully saturated rings. The number of rotatable bonds is 7. The number of methoxy groups -OCH3 is 1. The Morgan fingerprint density at radius 3 is 2.74 bits per heavy atom. The van der Waals surface area contributed by atoms with Gasteiger partial charge in [0.15, 0.2) is 0 Å². The van der Waals surface area contributed by atoms with Gasteiger partial charge < -0.3 is 20.1 Å². The van der Waals surface area contributed by atoms with Gasteiger partial charge in [0.25, 0.3) is 0 Å². The fraction of sp³-hybridized carbons (Fsp3) is 0.500. The van der Waals surface area contributed by atoms with Crippen molar-refractivity contribution in [3.05, 3.63) is 24.3 Å². The first kappa shape index (κ1) is 15.3. The fourth-order valence-electron chi connectivity index (χ4n) is 1.71. The molecule has 0 aliphatic rings. The Bertz CT molecular complexity index is 436. The smallest absolute Gasteiger partial charge is 0.323 e. The van der Waals surface area contributed by atoms with Gasteiger partial charge in [0.2, 0.25) is 0 Å². The SMILES string of the molecule is CNC(C)(CCN(C)c1cccc(OC)c1)C(=O)O. The monoisotopic (exact) mass is 266 g/mol. The van der Waals surface area contributed by atoms with Crippen molar-refractivity contribution >= 4 is 11.7 Å². The number of ether oxygens (including phenoxy) is 1. The summed E-state index contributed by atoms with van der Waals surface area (Å²) in [5.74, 6) is -0.0481. The molecule has 0 heterocycles. The number of carboxylic acids is 1. The summed E-state index contributed by atoms with van der Waals surface area (Å²) in [6.45, 7) is 2.32. The maximum atomic E-state index is 11.2. The lowest BCUT2D eigenvalue weighted by Crippen LogP contribution is -2.49. The van der Waals surface area contributed by atoms with E-state index in [4.69, 9.17) is 4.74 Å². The van der Waals surface area contributed by atoms with Gasteiger partial charge in [0.1, 0.15) is 11.3 Å². The first-order chi connectivity index (χ1) is 8.92. The van der Waals surface area contributed by atoms with E-state index in [1.54, 1.807) is 21.1 Å². The number of aliphatic carboxylic acids is 1. The Labute approximate surface area is 114 Å². The molecule has 106 valence electrons. The zero-order valence-corrected chi connectivity index (χ0v) is 11.9. The van der Waals surface area contributed by atoms with Crippen molar-refractivity contribution in [3.63, 3.8) is 0 Å². The molecule has 0 saturated carbocycles. The lowest BCUT2D eigenvalue weighted by atomic mass is 9.98. The van der Waals surface area contributed by atoms with Crippen LogP contribution in [-0.2, 0) is 4.79 Å². The minimum absolute atomic E-state index is 0.506. The van der Waals surface area contributed by atoms with Crippen molar-refractivity contribution in [3.8, 4) is 5.75 Å². The molecule has 5 heteroatoms. The van der Waals surface area contributed by atoms with E-state index in [0.717, 1.165) is 11.4 Å². The topological polar surface area (TPSA) is 61.8 Å². The number of hydrogen-bond donors (Lipinski definition) is 2. The first-order valence-electron chi connectivity index (χ1n) is 6.20. The second-order valence-corrected chi connectivity index (χ2v) is 4.76. The lowest BCUT2D eigenvalue weighted by molar-refractivity contribution is -0.144. The fourth-order valence-corrected chi connectivity index (χ4v) is 1.71. The third kappa shape index (κ3) is 3.86. The molecule has 0 aliphatic heterocycles. The van der Waals surface area contributed by atoms with Crippen LogP contribution in [0.3, 0.4) is 0 Å². The van der Waals surface area contributed by atoms with E-state index in [2.05, 4.69) is 5.32 Å². The largest absolute Gasteiger partial charge is 0.497 e. The third-order valence-electron chi connectivity index (χ3n) is 3.47. The molecule has 1 atom stereocenters. The van der Waals surface area contributed by atoms with E-state index in [9.17, 15) is 9.90 Å². The molecule has 0 bridgehead atoms. The van der Waals surface area contributed by atoms with Crippen LogP contribution in [0.4, 0.5) is 5.69 Å². The van der Waals surface area contributed by atoms with Crippen LogP contribution >= 0.6 is 0 Å². The molecule has 19 heavy (non-hydrogen) atoms. The molecular weight excluding hydrogens is 244 g/mol. The minimum atomic E-state index is -0.910. The van der Waals surface area contributed by atoms with E-state index in [0.29, 0.717) is 13.0 Å². The van der Waals surface area contributed by atoms with Gasteiger partial charge in [-0.25, -0.2) is 0 Å². The van der Waals surface area contributed by atoms with Gasteiger partial charge in [-0.3, -0.25) is 4.79 Å². The number of likely N-dealkylation sites (N-methyl/N-ethyl adjacent to an activating group) is 1. The van der Waals surface area contributed by atoms with Crippen molar-refractivity contribution in [2.75, 3.05) is 32.6 Å². The Kier molecular flexibility index (Phi) is 5.18. The molecule has 1 aromatic rings. The molecule has 1 unspecified atom stereocenters. The summed E-state index contributed by atoms with van der Waals surface area (Å²) in [6, 6.07) is 7.70. The molecule has 0 aliphatic carbocycles. The van der Waals surface area contributed by atoms with E-state index in [1.165, 1.54) is 0 Å².